The topological polar surface area (TPSA) is 52.7 Å². The summed E-state index contributed by atoms with van der Waals surface area (Å²) in [4.78, 5) is 30.1. The molecule has 1 aliphatic rings. The first-order chi connectivity index (χ1) is 14.7. The monoisotopic (exact) mass is 419 g/mol. The summed E-state index contributed by atoms with van der Waals surface area (Å²) in [6.45, 7) is 3.03. The molecule has 0 aliphatic carbocycles. The van der Waals surface area contributed by atoms with E-state index in [2.05, 4.69) is 10.2 Å². The molecule has 1 aromatic heterocycles. The summed E-state index contributed by atoms with van der Waals surface area (Å²) >= 11 is 1.48. The number of amides is 2. The van der Waals surface area contributed by atoms with Crippen molar-refractivity contribution < 1.29 is 9.59 Å². The zero-order valence-electron chi connectivity index (χ0n) is 16.7. The van der Waals surface area contributed by atoms with Gasteiger partial charge in [0.15, 0.2) is 5.78 Å². The number of Topliss-reactive ketones (excluding diaryl/α,β-unsaturated/α-hetero) is 1. The van der Waals surface area contributed by atoms with Gasteiger partial charge in [0.05, 0.1) is 17.5 Å². The van der Waals surface area contributed by atoms with E-state index in [-0.39, 0.29) is 17.9 Å². The Morgan fingerprint density at radius 1 is 0.833 bits per heavy atom. The molecule has 1 aliphatic heterocycles. The van der Waals surface area contributed by atoms with Gasteiger partial charge in [0, 0.05) is 26.2 Å². The van der Waals surface area contributed by atoms with Gasteiger partial charge in [-0.15, -0.1) is 11.3 Å². The predicted molar refractivity (Wildman–Crippen MR) is 120 cm³/mol. The van der Waals surface area contributed by atoms with E-state index >= 15 is 0 Å². The van der Waals surface area contributed by atoms with Gasteiger partial charge in [-0.05, 0) is 22.6 Å². The minimum absolute atomic E-state index is 0.0723. The van der Waals surface area contributed by atoms with Crippen LogP contribution in [0.4, 0.5) is 4.79 Å². The highest BCUT2D eigenvalue weighted by molar-refractivity contribution is 7.12. The van der Waals surface area contributed by atoms with Crippen molar-refractivity contribution in [3.8, 4) is 0 Å². The number of hydrogen-bond acceptors (Lipinski definition) is 4. The molecule has 0 atom stereocenters. The van der Waals surface area contributed by atoms with E-state index in [1.54, 1.807) is 0 Å². The molecule has 0 radical (unpaired) electrons. The summed E-state index contributed by atoms with van der Waals surface area (Å²) in [7, 11) is 0. The second-order valence-electron chi connectivity index (χ2n) is 7.37. The fourth-order valence-electron chi connectivity index (χ4n) is 3.69. The van der Waals surface area contributed by atoms with Crippen LogP contribution in [-0.4, -0.2) is 54.3 Å². The number of urea groups is 1. The van der Waals surface area contributed by atoms with Gasteiger partial charge in [0.25, 0.3) is 0 Å². The van der Waals surface area contributed by atoms with Crippen LogP contribution in [-0.2, 0) is 0 Å². The summed E-state index contributed by atoms with van der Waals surface area (Å²) in [5.41, 5.74) is 2.11. The van der Waals surface area contributed by atoms with Crippen LogP contribution in [0.15, 0.2) is 78.2 Å². The number of benzene rings is 2. The van der Waals surface area contributed by atoms with E-state index in [4.69, 9.17) is 0 Å². The molecule has 4 rings (SSSR count). The van der Waals surface area contributed by atoms with Crippen LogP contribution >= 0.6 is 11.3 Å². The molecule has 30 heavy (non-hydrogen) atoms. The van der Waals surface area contributed by atoms with E-state index in [1.807, 2.05) is 83.1 Å². The Kier molecular flexibility index (Phi) is 6.57. The zero-order valence-corrected chi connectivity index (χ0v) is 17.6. The molecule has 1 saturated heterocycles. The molecule has 5 nitrogen and oxygen atoms in total. The summed E-state index contributed by atoms with van der Waals surface area (Å²) in [5.74, 6) is 0.149. The van der Waals surface area contributed by atoms with E-state index in [0.717, 1.165) is 16.0 Å². The number of nitrogens with zero attached hydrogens (tertiary/aromatic N) is 2. The molecular weight excluding hydrogens is 394 g/mol. The highest BCUT2D eigenvalue weighted by Crippen LogP contribution is 2.22. The molecule has 0 bridgehead atoms. The molecule has 154 valence electrons. The van der Waals surface area contributed by atoms with Crippen molar-refractivity contribution in [2.24, 2.45) is 0 Å². The van der Waals surface area contributed by atoms with Crippen molar-refractivity contribution in [1.29, 1.82) is 0 Å². The number of piperazine rings is 1. The quantitative estimate of drug-likeness (QED) is 0.614. The van der Waals surface area contributed by atoms with E-state index < -0.39 is 0 Å². The SMILES string of the molecule is O=C(CN1CCN(C(=O)NC(c2ccccc2)c2ccccc2)CC1)c1cccs1. The molecular formula is C24H25N3O2S. The van der Waals surface area contributed by atoms with Gasteiger partial charge in [-0.25, -0.2) is 4.79 Å². The van der Waals surface area contributed by atoms with Crippen molar-refractivity contribution in [1.82, 2.24) is 15.1 Å². The average Bonchev–Trinajstić information content (AvgIpc) is 3.34. The molecule has 1 fully saturated rings. The van der Waals surface area contributed by atoms with Gasteiger partial charge in [0.2, 0.25) is 0 Å². The lowest BCUT2D eigenvalue weighted by Crippen LogP contribution is -2.53. The molecule has 6 heteroatoms. The van der Waals surface area contributed by atoms with Gasteiger partial charge in [0.1, 0.15) is 0 Å². The Bertz CT molecular complexity index is 913. The molecule has 0 unspecified atom stereocenters. The fraction of sp³-hybridized carbons (Fsp3) is 0.250. The normalized spacial score (nSPS) is 14.6. The Morgan fingerprint density at radius 2 is 1.43 bits per heavy atom. The number of rotatable bonds is 6. The number of thiophene rings is 1. The van der Waals surface area contributed by atoms with Gasteiger partial charge >= 0.3 is 6.03 Å². The van der Waals surface area contributed by atoms with Crippen molar-refractivity contribution in [2.45, 2.75) is 6.04 Å². The largest absolute Gasteiger partial charge is 0.327 e. The smallest absolute Gasteiger partial charge is 0.318 e. The molecule has 0 saturated carbocycles. The lowest BCUT2D eigenvalue weighted by Gasteiger charge is -2.35. The summed E-state index contributed by atoms with van der Waals surface area (Å²) in [6.07, 6.45) is 0. The molecule has 2 amide bonds. The van der Waals surface area contributed by atoms with Crippen molar-refractivity contribution in [3.05, 3.63) is 94.2 Å². The Morgan fingerprint density at radius 3 is 1.97 bits per heavy atom. The maximum Gasteiger partial charge on any atom is 0.318 e. The molecule has 2 aromatic carbocycles. The third kappa shape index (κ3) is 4.96. The number of carbonyl (C=O) groups excluding carboxylic acids is 2. The Balaban J connectivity index is 1.36. The van der Waals surface area contributed by atoms with Gasteiger partial charge in [-0.2, -0.15) is 0 Å². The van der Waals surface area contributed by atoms with E-state index in [1.165, 1.54) is 11.3 Å². The molecule has 1 N–H and O–H groups in total. The number of carbonyl (C=O) groups is 2. The van der Waals surface area contributed by atoms with Crippen LogP contribution in [0.2, 0.25) is 0 Å². The lowest BCUT2D eigenvalue weighted by molar-refractivity contribution is 0.0881. The summed E-state index contributed by atoms with van der Waals surface area (Å²) in [6, 6.07) is 23.5. The molecule has 0 spiro atoms. The zero-order chi connectivity index (χ0) is 20.8. The van der Waals surface area contributed by atoms with Crippen molar-refractivity contribution in [2.75, 3.05) is 32.7 Å². The number of nitrogens with one attached hydrogen (secondary N) is 1. The number of ketones is 1. The third-order valence-electron chi connectivity index (χ3n) is 5.36. The van der Waals surface area contributed by atoms with Crippen LogP contribution in [0, 0.1) is 0 Å². The second kappa shape index (κ2) is 9.69. The van der Waals surface area contributed by atoms with Crippen LogP contribution in [0.25, 0.3) is 0 Å². The summed E-state index contributed by atoms with van der Waals surface area (Å²) < 4.78 is 0. The fourth-order valence-corrected chi connectivity index (χ4v) is 4.35. The minimum atomic E-state index is -0.196. The number of hydrogen-bond donors (Lipinski definition) is 1. The van der Waals surface area contributed by atoms with Crippen molar-refractivity contribution >= 4 is 23.2 Å². The van der Waals surface area contributed by atoms with E-state index in [0.29, 0.717) is 32.7 Å². The van der Waals surface area contributed by atoms with Gasteiger partial charge < -0.3 is 10.2 Å². The maximum atomic E-state index is 13.0. The summed E-state index contributed by atoms with van der Waals surface area (Å²) in [5, 5.41) is 5.12. The molecule has 2 heterocycles. The highest BCUT2D eigenvalue weighted by atomic mass is 32.1. The first-order valence-electron chi connectivity index (χ1n) is 10.1. The van der Waals surface area contributed by atoms with Gasteiger partial charge in [-0.3, -0.25) is 9.69 Å². The van der Waals surface area contributed by atoms with E-state index in [9.17, 15) is 9.59 Å². The van der Waals surface area contributed by atoms with Crippen LogP contribution in [0.5, 0.6) is 0 Å². The minimum Gasteiger partial charge on any atom is -0.327 e. The van der Waals surface area contributed by atoms with Gasteiger partial charge in [-0.1, -0.05) is 66.7 Å². The van der Waals surface area contributed by atoms with Crippen LogP contribution in [0.1, 0.15) is 26.8 Å². The first kappa shape index (κ1) is 20.3. The first-order valence-corrected chi connectivity index (χ1v) is 11.0. The average molecular weight is 420 g/mol. The van der Waals surface area contributed by atoms with Crippen LogP contribution in [0.3, 0.4) is 0 Å². The van der Waals surface area contributed by atoms with Crippen LogP contribution < -0.4 is 5.32 Å². The maximum absolute atomic E-state index is 13.0. The molecule has 3 aromatic rings. The van der Waals surface area contributed by atoms with Crippen molar-refractivity contribution in [3.63, 3.8) is 0 Å². The standard InChI is InChI=1S/C24H25N3O2S/c28-21(22-12-7-17-30-22)18-26-13-15-27(16-14-26)24(29)25-23(19-8-3-1-4-9-19)20-10-5-2-6-11-20/h1-12,17,23H,13-16,18H2,(H,25,29). The highest BCUT2D eigenvalue weighted by Gasteiger charge is 2.25. The predicted octanol–water partition coefficient (Wildman–Crippen LogP) is 4.05. The Hall–Kier alpha value is -2.96. The lowest BCUT2D eigenvalue weighted by atomic mass is 9.99. The second-order valence-corrected chi connectivity index (χ2v) is 8.32. The third-order valence-corrected chi connectivity index (χ3v) is 6.27. The Labute approximate surface area is 180 Å².